The van der Waals surface area contributed by atoms with Crippen LogP contribution >= 0.6 is 0 Å². The Morgan fingerprint density at radius 3 is 2.12 bits per heavy atom. The van der Waals surface area contributed by atoms with Crippen LogP contribution in [0, 0.1) is 46.3 Å². The first-order chi connectivity index (χ1) is 19.3. The first kappa shape index (κ1) is 27.8. The van der Waals surface area contributed by atoms with Crippen molar-refractivity contribution >= 4 is 11.5 Å². The van der Waals surface area contributed by atoms with Crippen molar-refractivity contribution in [3.8, 4) is 0 Å². The van der Waals surface area contributed by atoms with Gasteiger partial charge in [0.15, 0.2) is 0 Å². The fraction of sp³-hybridized carbons (Fsp3) is 0.605. The third-order valence-corrected chi connectivity index (χ3v) is 12.6. The van der Waals surface area contributed by atoms with Gasteiger partial charge in [-0.3, -0.25) is 4.79 Å². The second kappa shape index (κ2) is 11.1. The standard InChI is InChI=1S/C38H50O2/c1-26(15-17-32(28-11-7-5-8-12-28)29-13-9-6-10-14-29)34-19-20-35-33-18-16-30-25-31(40-27(2)39)21-23-37(30,3)36(33)22-24-38(34,35)4/h5-14,17,26,30-31,33-36H,15-16,18-25H2,1-4H3/t26-,30-,31-,33?,34?,35?,36?,37+,38-/m1/s1. The van der Waals surface area contributed by atoms with Crippen LogP contribution in [0.25, 0.3) is 5.57 Å². The zero-order chi connectivity index (χ0) is 27.9. The molecule has 4 aliphatic carbocycles. The SMILES string of the molecule is CC(=O)O[C@@H]1CC[C@]2(C)C3CC[C@@]4(C)C(CCC4[C@H](C)CC=C(c4ccccc4)c4ccccc4)C3CC[C@@H]2C1. The Morgan fingerprint density at radius 2 is 1.48 bits per heavy atom. The highest BCUT2D eigenvalue weighted by atomic mass is 16.5. The van der Waals surface area contributed by atoms with Crippen molar-refractivity contribution in [2.45, 2.75) is 98.0 Å². The summed E-state index contributed by atoms with van der Waals surface area (Å²) < 4.78 is 5.70. The number of allylic oxidation sites excluding steroid dienone is 1. The van der Waals surface area contributed by atoms with E-state index in [9.17, 15) is 4.79 Å². The van der Waals surface area contributed by atoms with Crippen LogP contribution in [0.4, 0.5) is 0 Å². The van der Waals surface area contributed by atoms with Gasteiger partial charge < -0.3 is 4.74 Å². The summed E-state index contributed by atoms with van der Waals surface area (Å²) in [6.45, 7) is 9.43. The Bertz CT molecular complexity index is 1160. The molecule has 214 valence electrons. The summed E-state index contributed by atoms with van der Waals surface area (Å²) in [5, 5.41) is 0. The van der Waals surface area contributed by atoms with Gasteiger partial charge >= 0.3 is 5.97 Å². The normalized spacial score (nSPS) is 37.4. The lowest BCUT2D eigenvalue weighted by molar-refractivity contribution is -0.160. The number of rotatable bonds is 6. The van der Waals surface area contributed by atoms with E-state index in [-0.39, 0.29) is 12.1 Å². The van der Waals surface area contributed by atoms with Crippen molar-refractivity contribution in [2.24, 2.45) is 46.3 Å². The molecule has 0 N–H and O–H groups in total. The average molecular weight is 539 g/mol. The Kier molecular flexibility index (Phi) is 7.75. The summed E-state index contributed by atoms with van der Waals surface area (Å²) in [4.78, 5) is 11.6. The lowest BCUT2D eigenvalue weighted by atomic mass is 9.44. The summed E-state index contributed by atoms with van der Waals surface area (Å²) in [5.41, 5.74) is 4.95. The highest BCUT2D eigenvalue weighted by molar-refractivity contribution is 5.79. The third-order valence-electron chi connectivity index (χ3n) is 12.6. The van der Waals surface area contributed by atoms with Crippen molar-refractivity contribution in [3.05, 3.63) is 77.9 Å². The van der Waals surface area contributed by atoms with Crippen molar-refractivity contribution in [3.63, 3.8) is 0 Å². The second-order valence-corrected chi connectivity index (χ2v) is 14.5. The molecule has 0 aromatic heterocycles. The molecule has 40 heavy (non-hydrogen) atoms. The van der Waals surface area contributed by atoms with Crippen molar-refractivity contribution < 1.29 is 9.53 Å². The van der Waals surface area contributed by atoms with Gasteiger partial charge in [-0.15, -0.1) is 0 Å². The van der Waals surface area contributed by atoms with E-state index in [0.29, 0.717) is 16.7 Å². The minimum atomic E-state index is -0.101. The van der Waals surface area contributed by atoms with E-state index in [1.807, 2.05) is 0 Å². The Labute approximate surface area is 243 Å². The van der Waals surface area contributed by atoms with Gasteiger partial charge in [-0.1, -0.05) is 87.5 Å². The van der Waals surface area contributed by atoms with Crippen LogP contribution < -0.4 is 0 Å². The van der Waals surface area contributed by atoms with Crippen molar-refractivity contribution in [2.75, 3.05) is 0 Å². The number of ether oxygens (including phenoxy) is 1. The van der Waals surface area contributed by atoms with Crippen LogP contribution in [0.1, 0.15) is 103 Å². The monoisotopic (exact) mass is 538 g/mol. The molecule has 4 unspecified atom stereocenters. The quantitative estimate of drug-likeness (QED) is 0.342. The molecule has 2 heteroatoms. The summed E-state index contributed by atoms with van der Waals surface area (Å²) in [6.07, 6.45) is 15.6. The van der Waals surface area contributed by atoms with Gasteiger partial charge in [0.2, 0.25) is 0 Å². The summed E-state index contributed by atoms with van der Waals surface area (Å²) >= 11 is 0. The van der Waals surface area contributed by atoms with E-state index in [1.54, 1.807) is 6.92 Å². The molecule has 2 nitrogen and oxygen atoms in total. The summed E-state index contributed by atoms with van der Waals surface area (Å²) in [7, 11) is 0. The van der Waals surface area contributed by atoms with Crippen LogP contribution in [-0.4, -0.2) is 12.1 Å². The lowest BCUT2D eigenvalue weighted by Crippen LogP contribution is -2.54. The van der Waals surface area contributed by atoms with E-state index < -0.39 is 0 Å². The summed E-state index contributed by atoms with van der Waals surface area (Å²) in [5.74, 6) is 4.77. The molecule has 2 aromatic carbocycles. The van der Waals surface area contributed by atoms with Gasteiger partial charge in [0.1, 0.15) is 6.10 Å². The van der Waals surface area contributed by atoms with Gasteiger partial charge in [-0.2, -0.15) is 0 Å². The molecule has 6 rings (SSSR count). The molecule has 0 saturated heterocycles. The first-order valence-electron chi connectivity index (χ1n) is 16.3. The maximum absolute atomic E-state index is 11.6. The maximum atomic E-state index is 11.6. The molecule has 0 aliphatic heterocycles. The molecule has 4 saturated carbocycles. The van der Waals surface area contributed by atoms with Crippen LogP contribution in [-0.2, 0) is 9.53 Å². The zero-order valence-electron chi connectivity index (χ0n) is 25.3. The molecule has 0 bridgehead atoms. The molecular weight excluding hydrogens is 488 g/mol. The van der Waals surface area contributed by atoms with E-state index in [2.05, 4.69) is 87.5 Å². The van der Waals surface area contributed by atoms with Crippen LogP contribution in [0.5, 0.6) is 0 Å². The molecule has 0 amide bonds. The number of hydrogen-bond acceptors (Lipinski definition) is 2. The highest BCUT2D eigenvalue weighted by Gasteiger charge is 2.60. The van der Waals surface area contributed by atoms with Gasteiger partial charge in [-0.05, 0) is 127 Å². The maximum Gasteiger partial charge on any atom is 0.302 e. The smallest absolute Gasteiger partial charge is 0.302 e. The molecule has 0 heterocycles. The van der Waals surface area contributed by atoms with E-state index in [0.717, 1.165) is 48.9 Å². The average Bonchev–Trinajstić information content (AvgIpc) is 3.31. The van der Waals surface area contributed by atoms with Crippen LogP contribution in [0.2, 0.25) is 0 Å². The highest BCUT2D eigenvalue weighted by Crippen LogP contribution is 2.68. The molecule has 0 radical (unpaired) electrons. The van der Waals surface area contributed by atoms with Gasteiger partial charge in [0, 0.05) is 6.92 Å². The minimum absolute atomic E-state index is 0.101. The van der Waals surface area contributed by atoms with Crippen molar-refractivity contribution in [1.82, 2.24) is 0 Å². The van der Waals surface area contributed by atoms with Crippen molar-refractivity contribution in [1.29, 1.82) is 0 Å². The molecule has 0 spiro atoms. The molecule has 4 aliphatic rings. The van der Waals surface area contributed by atoms with Gasteiger partial charge in [-0.25, -0.2) is 0 Å². The number of carbonyl (C=O) groups excluding carboxylic acids is 1. The van der Waals surface area contributed by atoms with Gasteiger partial charge in [0.25, 0.3) is 0 Å². The number of benzene rings is 2. The zero-order valence-corrected chi connectivity index (χ0v) is 25.3. The molecular formula is C38H50O2. The number of hydrogen-bond donors (Lipinski definition) is 0. The lowest BCUT2D eigenvalue weighted by Gasteiger charge is -2.61. The fourth-order valence-electron chi connectivity index (χ4n) is 10.6. The first-order valence-corrected chi connectivity index (χ1v) is 16.3. The number of fused-ring (bicyclic) bond motifs is 5. The Hall–Kier alpha value is -2.35. The van der Waals surface area contributed by atoms with E-state index in [1.165, 1.54) is 61.6 Å². The topological polar surface area (TPSA) is 26.3 Å². The predicted molar refractivity (Wildman–Crippen MR) is 165 cm³/mol. The Morgan fingerprint density at radius 1 is 0.850 bits per heavy atom. The minimum Gasteiger partial charge on any atom is -0.463 e. The fourth-order valence-corrected chi connectivity index (χ4v) is 10.6. The second-order valence-electron chi connectivity index (χ2n) is 14.5. The number of esters is 1. The molecule has 4 fully saturated rings. The van der Waals surface area contributed by atoms with Gasteiger partial charge in [0.05, 0.1) is 0 Å². The number of carbonyl (C=O) groups is 1. The van der Waals surface area contributed by atoms with E-state index in [4.69, 9.17) is 4.74 Å². The summed E-state index contributed by atoms with van der Waals surface area (Å²) in [6, 6.07) is 21.9. The molecule has 2 aromatic rings. The van der Waals surface area contributed by atoms with Crippen LogP contribution in [0.15, 0.2) is 66.7 Å². The predicted octanol–water partition coefficient (Wildman–Crippen LogP) is 9.74. The molecule has 9 atom stereocenters. The largest absolute Gasteiger partial charge is 0.463 e. The Balaban J connectivity index is 1.18. The van der Waals surface area contributed by atoms with E-state index >= 15 is 0 Å². The third kappa shape index (κ3) is 4.99. The van der Waals surface area contributed by atoms with Crippen LogP contribution in [0.3, 0.4) is 0 Å².